The fraction of sp³-hybridized carbons (Fsp3) is 0.391. The Morgan fingerprint density at radius 2 is 1.81 bits per heavy atom. The van der Waals surface area contributed by atoms with Crippen molar-refractivity contribution in [3.05, 3.63) is 65.2 Å². The largest absolute Gasteiger partial charge is 0.497 e. The van der Waals surface area contributed by atoms with Crippen molar-refractivity contribution >= 4 is 35.1 Å². The van der Waals surface area contributed by atoms with Crippen LogP contribution in [0.15, 0.2) is 48.5 Å². The molecular formula is C23H28INO. The molecule has 0 aromatic heterocycles. The highest BCUT2D eigenvalue weighted by molar-refractivity contribution is 14.0. The number of allylic oxidation sites excluding steroid dienone is 1. The van der Waals surface area contributed by atoms with Gasteiger partial charge in [0.05, 0.1) is 7.11 Å². The van der Waals surface area contributed by atoms with Gasteiger partial charge in [-0.15, -0.1) is 24.0 Å². The van der Waals surface area contributed by atoms with Gasteiger partial charge in [0.25, 0.3) is 0 Å². The third-order valence-electron chi connectivity index (χ3n) is 5.80. The Kier molecular flexibility index (Phi) is 6.41. The minimum atomic E-state index is 0. The topological polar surface area (TPSA) is 12.5 Å². The van der Waals surface area contributed by atoms with Crippen LogP contribution >= 0.6 is 24.0 Å². The number of rotatable bonds is 3. The number of nitrogens with zero attached hydrogens (tertiary/aromatic N) is 1. The Morgan fingerprint density at radius 3 is 2.54 bits per heavy atom. The Labute approximate surface area is 174 Å². The number of likely N-dealkylation sites (tertiary alicyclic amines) is 1. The molecule has 2 aromatic carbocycles. The zero-order chi connectivity index (χ0) is 17.2. The first-order valence-electron chi connectivity index (χ1n) is 9.44. The zero-order valence-electron chi connectivity index (χ0n) is 15.7. The minimum Gasteiger partial charge on any atom is -0.497 e. The molecule has 0 radical (unpaired) electrons. The molecule has 1 aliphatic heterocycles. The number of fused-ring (bicyclic) bond motifs is 1. The summed E-state index contributed by atoms with van der Waals surface area (Å²) in [4.78, 5) is 2.56. The van der Waals surface area contributed by atoms with Gasteiger partial charge in [-0.2, -0.15) is 0 Å². The number of hydrogen-bond acceptors (Lipinski definition) is 2. The molecule has 2 nitrogen and oxygen atoms in total. The summed E-state index contributed by atoms with van der Waals surface area (Å²) in [5, 5.41) is 0. The standard InChI is InChI=1S/C23H27NO.HI/c1-24-15-7-6-10-22(24)23-20(17-8-4-3-5-9-17)13-11-18-16-19(25-2)12-14-21(18)23;/h3-5,8-9,12,14,16,22H,6-7,10-11,13,15H2,1-2H3;1H. The van der Waals surface area contributed by atoms with Crippen LogP contribution in [-0.4, -0.2) is 31.6 Å². The van der Waals surface area contributed by atoms with Crippen molar-refractivity contribution in [3.63, 3.8) is 0 Å². The maximum absolute atomic E-state index is 5.47. The molecule has 3 heteroatoms. The van der Waals surface area contributed by atoms with Gasteiger partial charge in [0.15, 0.2) is 0 Å². The molecule has 1 saturated heterocycles. The summed E-state index contributed by atoms with van der Waals surface area (Å²) in [6.07, 6.45) is 6.11. The predicted octanol–water partition coefficient (Wildman–Crippen LogP) is 5.65. The number of piperidine rings is 1. The highest BCUT2D eigenvalue weighted by atomic mass is 127. The van der Waals surface area contributed by atoms with E-state index in [1.54, 1.807) is 12.7 Å². The Morgan fingerprint density at radius 1 is 1.00 bits per heavy atom. The molecule has 26 heavy (non-hydrogen) atoms. The summed E-state index contributed by atoms with van der Waals surface area (Å²) in [6.45, 7) is 1.20. The molecule has 0 bridgehead atoms. The lowest BCUT2D eigenvalue weighted by Crippen LogP contribution is -2.38. The fourth-order valence-corrected chi connectivity index (χ4v) is 4.48. The number of halogens is 1. The monoisotopic (exact) mass is 461 g/mol. The third kappa shape index (κ3) is 3.70. The van der Waals surface area contributed by atoms with Crippen molar-refractivity contribution in [2.45, 2.75) is 38.1 Å². The second-order valence-corrected chi connectivity index (χ2v) is 7.27. The normalized spacial score (nSPS) is 20.3. The molecule has 0 N–H and O–H groups in total. The van der Waals surface area contributed by atoms with Gasteiger partial charge in [0.2, 0.25) is 0 Å². The molecule has 1 aliphatic carbocycles. The van der Waals surface area contributed by atoms with Gasteiger partial charge in [-0.05, 0) is 79.2 Å². The minimum absolute atomic E-state index is 0. The van der Waals surface area contributed by atoms with Crippen molar-refractivity contribution in [1.82, 2.24) is 4.90 Å². The average Bonchev–Trinajstić information content (AvgIpc) is 2.68. The number of hydrogen-bond donors (Lipinski definition) is 0. The van der Waals surface area contributed by atoms with E-state index in [0.717, 1.165) is 18.6 Å². The van der Waals surface area contributed by atoms with Crippen molar-refractivity contribution in [2.24, 2.45) is 0 Å². The smallest absolute Gasteiger partial charge is 0.119 e. The molecule has 4 rings (SSSR count). The lowest BCUT2D eigenvalue weighted by atomic mass is 9.77. The maximum atomic E-state index is 5.47. The SMILES string of the molecule is COc1ccc2c(c1)CCC(c1ccccc1)=C2C1CCCCN1C.I. The van der Waals surface area contributed by atoms with E-state index in [-0.39, 0.29) is 24.0 Å². The molecule has 0 spiro atoms. The summed E-state index contributed by atoms with van der Waals surface area (Å²) in [5.74, 6) is 0.971. The van der Waals surface area contributed by atoms with Crippen molar-refractivity contribution < 1.29 is 4.74 Å². The summed E-state index contributed by atoms with van der Waals surface area (Å²) in [6, 6.07) is 18.1. The summed E-state index contributed by atoms with van der Waals surface area (Å²) in [5.41, 5.74) is 7.35. The molecule has 1 unspecified atom stereocenters. The molecule has 2 aliphatic rings. The molecule has 2 aromatic rings. The summed E-state index contributed by atoms with van der Waals surface area (Å²) >= 11 is 0. The van der Waals surface area contributed by atoms with Crippen LogP contribution in [0, 0.1) is 0 Å². The highest BCUT2D eigenvalue weighted by Gasteiger charge is 2.30. The van der Waals surface area contributed by atoms with Gasteiger partial charge in [0.1, 0.15) is 5.75 Å². The Hall–Kier alpha value is -1.33. The first kappa shape index (κ1) is 19.4. The lowest BCUT2D eigenvalue weighted by Gasteiger charge is -2.38. The van der Waals surface area contributed by atoms with Gasteiger partial charge in [-0.3, -0.25) is 4.90 Å². The van der Waals surface area contributed by atoms with E-state index in [2.05, 4.69) is 60.5 Å². The molecule has 0 saturated carbocycles. The number of aryl methyl sites for hydroxylation is 1. The molecule has 0 amide bonds. The molecule has 1 heterocycles. The van der Waals surface area contributed by atoms with Crippen LogP contribution in [0.5, 0.6) is 5.75 Å². The van der Waals surface area contributed by atoms with Crippen LogP contribution in [0.3, 0.4) is 0 Å². The predicted molar refractivity (Wildman–Crippen MR) is 120 cm³/mol. The quantitative estimate of drug-likeness (QED) is 0.548. The third-order valence-corrected chi connectivity index (χ3v) is 5.80. The summed E-state index contributed by atoms with van der Waals surface area (Å²) < 4.78 is 5.47. The average molecular weight is 461 g/mol. The lowest BCUT2D eigenvalue weighted by molar-refractivity contribution is 0.229. The fourth-order valence-electron chi connectivity index (χ4n) is 4.48. The van der Waals surface area contributed by atoms with Crippen molar-refractivity contribution in [3.8, 4) is 5.75 Å². The summed E-state index contributed by atoms with van der Waals surface area (Å²) in [7, 11) is 4.04. The number of ether oxygens (including phenoxy) is 1. The molecule has 1 fully saturated rings. The van der Waals surface area contributed by atoms with Gasteiger partial charge in [-0.25, -0.2) is 0 Å². The first-order chi connectivity index (χ1) is 12.3. The van der Waals surface area contributed by atoms with Crippen LogP contribution in [-0.2, 0) is 6.42 Å². The molecule has 138 valence electrons. The van der Waals surface area contributed by atoms with E-state index in [9.17, 15) is 0 Å². The number of benzene rings is 2. The van der Waals surface area contributed by atoms with E-state index in [1.807, 2.05) is 0 Å². The molecular weight excluding hydrogens is 433 g/mol. The second-order valence-electron chi connectivity index (χ2n) is 7.27. The van der Waals surface area contributed by atoms with E-state index in [1.165, 1.54) is 48.1 Å². The highest BCUT2D eigenvalue weighted by Crippen LogP contribution is 2.42. The van der Waals surface area contributed by atoms with E-state index < -0.39 is 0 Å². The van der Waals surface area contributed by atoms with Crippen molar-refractivity contribution in [2.75, 3.05) is 20.7 Å². The molecule has 1 atom stereocenters. The van der Waals surface area contributed by atoms with Crippen LogP contribution in [0.2, 0.25) is 0 Å². The van der Waals surface area contributed by atoms with Gasteiger partial charge >= 0.3 is 0 Å². The maximum Gasteiger partial charge on any atom is 0.119 e. The van der Waals surface area contributed by atoms with Crippen LogP contribution in [0.1, 0.15) is 42.4 Å². The Bertz CT molecular complexity index is 784. The number of methoxy groups -OCH3 is 1. The Balaban J connectivity index is 0.00000196. The van der Waals surface area contributed by atoms with Crippen molar-refractivity contribution in [1.29, 1.82) is 0 Å². The second kappa shape index (κ2) is 8.57. The van der Waals surface area contributed by atoms with Crippen LogP contribution in [0.25, 0.3) is 11.1 Å². The zero-order valence-corrected chi connectivity index (χ0v) is 18.0. The van der Waals surface area contributed by atoms with E-state index >= 15 is 0 Å². The van der Waals surface area contributed by atoms with Gasteiger partial charge in [0, 0.05) is 6.04 Å². The van der Waals surface area contributed by atoms with E-state index in [4.69, 9.17) is 4.74 Å². The van der Waals surface area contributed by atoms with Crippen LogP contribution < -0.4 is 4.74 Å². The van der Waals surface area contributed by atoms with Gasteiger partial charge in [-0.1, -0.05) is 42.8 Å². The van der Waals surface area contributed by atoms with Gasteiger partial charge < -0.3 is 4.74 Å². The van der Waals surface area contributed by atoms with Crippen LogP contribution in [0.4, 0.5) is 0 Å². The first-order valence-corrected chi connectivity index (χ1v) is 9.44. The van der Waals surface area contributed by atoms with E-state index in [0.29, 0.717) is 6.04 Å². The number of likely N-dealkylation sites (N-methyl/N-ethyl adjacent to an activating group) is 1.